The zero-order chi connectivity index (χ0) is 20.5. The Bertz CT molecular complexity index is 928. The average molecular weight is 412 g/mol. The minimum Gasteiger partial charge on any atom is -0.495 e. The quantitative estimate of drug-likeness (QED) is 0.406. The molecule has 1 heterocycles. The van der Waals surface area contributed by atoms with Gasteiger partial charge in [0.2, 0.25) is 5.91 Å². The van der Waals surface area contributed by atoms with Gasteiger partial charge in [-0.25, -0.2) is 4.98 Å². The maximum atomic E-state index is 12.2. The molecule has 0 spiro atoms. The normalized spacial score (nSPS) is 10.7. The Labute approximate surface area is 175 Å². The molecule has 0 fully saturated rings. The second-order valence-corrected chi connectivity index (χ2v) is 7.23. The third kappa shape index (κ3) is 5.40. The number of carbonyl (C=O) groups excluding carboxylic acids is 1. The smallest absolute Gasteiger partial charge is 0.230 e. The van der Waals surface area contributed by atoms with E-state index in [1.165, 1.54) is 11.8 Å². The van der Waals surface area contributed by atoms with Gasteiger partial charge in [-0.1, -0.05) is 54.2 Å². The molecule has 3 rings (SSSR count). The number of ether oxygens (including phenoxy) is 2. The summed E-state index contributed by atoms with van der Waals surface area (Å²) < 4.78 is 12.6. The maximum Gasteiger partial charge on any atom is 0.230 e. The molecule has 0 unspecified atom stereocenters. The summed E-state index contributed by atoms with van der Waals surface area (Å²) in [7, 11) is 3.30. The maximum absolute atomic E-state index is 12.2. The number of amides is 1. The van der Waals surface area contributed by atoms with Crippen LogP contribution in [0, 0.1) is 0 Å². The van der Waals surface area contributed by atoms with E-state index in [1.807, 2.05) is 65.4 Å². The number of thioether (sulfide) groups is 1. The molecule has 1 amide bonds. The Hall–Kier alpha value is -2.77. The highest BCUT2D eigenvalue weighted by Gasteiger charge is 2.17. The van der Waals surface area contributed by atoms with Gasteiger partial charge in [-0.05, 0) is 18.6 Å². The number of para-hydroxylation sites is 2. The first kappa shape index (κ1) is 21.0. The summed E-state index contributed by atoms with van der Waals surface area (Å²) in [5.74, 6) is 1.00. The van der Waals surface area contributed by atoms with E-state index < -0.39 is 0 Å². The molecule has 0 aliphatic carbocycles. The van der Waals surface area contributed by atoms with Gasteiger partial charge in [-0.2, -0.15) is 0 Å². The van der Waals surface area contributed by atoms with Gasteiger partial charge < -0.3 is 14.8 Å². The van der Waals surface area contributed by atoms with Crippen LogP contribution in [0.15, 0.2) is 66.0 Å². The van der Waals surface area contributed by atoms with Crippen molar-refractivity contribution in [3.05, 3.63) is 60.8 Å². The topological polar surface area (TPSA) is 65.4 Å². The molecule has 29 heavy (non-hydrogen) atoms. The number of imidazole rings is 1. The van der Waals surface area contributed by atoms with Gasteiger partial charge in [0.05, 0.1) is 30.4 Å². The van der Waals surface area contributed by atoms with Crippen LogP contribution in [0.5, 0.6) is 5.75 Å². The van der Waals surface area contributed by atoms with Crippen molar-refractivity contribution in [2.24, 2.45) is 0 Å². The molecule has 7 heteroatoms. The van der Waals surface area contributed by atoms with E-state index in [0.717, 1.165) is 34.3 Å². The molecule has 0 atom stereocenters. The summed E-state index contributed by atoms with van der Waals surface area (Å²) in [5.41, 5.74) is 2.87. The number of aromatic nitrogens is 2. The zero-order valence-electron chi connectivity index (χ0n) is 16.6. The average Bonchev–Trinajstić information content (AvgIpc) is 3.19. The molecule has 3 aromatic rings. The van der Waals surface area contributed by atoms with E-state index in [2.05, 4.69) is 10.3 Å². The number of nitrogens with one attached hydrogen (secondary N) is 1. The van der Waals surface area contributed by atoms with Gasteiger partial charge in [0.1, 0.15) is 5.75 Å². The lowest BCUT2D eigenvalue weighted by atomic mass is 10.1. The second-order valence-electron chi connectivity index (χ2n) is 6.28. The largest absolute Gasteiger partial charge is 0.495 e. The van der Waals surface area contributed by atoms with Gasteiger partial charge in [0.25, 0.3) is 0 Å². The highest BCUT2D eigenvalue weighted by molar-refractivity contribution is 7.99. The molecule has 0 radical (unpaired) electrons. The van der Waals surface area contributed by atoms with Crippen LogP contribution in [0.4, 0.5) is 0 Å². The van der Waals surface area contributed by atoms with Gasteiger partial charge in [-0.15, -0.1) is 0 Å². The molecule has 152 valence electrons. The molecule has 2 aromatic carbocycles. The number of methoxy groups -OCH3 is 2. The van der Waals surface area contributed by atoms with Crippen LogP contribution < -0.4 is 10.1 Å². The molecule has 1 N–H and O–H groups in total. The SMILES string of the molecule is COCCCNC(=O)CSc1ncc(-c2ccccc2)n1-c1ccccc1OC. The number of carbonyl (C=O) groups is 1. The van der Waals surface area contributed by atoms with Crippen LogP contribution in [0.25, 0.3) is 16.9 Å². The minimum absolute atomic E-state index is 0.0260. The van der Waals surface area contributed by atoms with E-state index in [0.29, 0.717) is 13.2 Å². The molecule has 0 aliphatic rings. The molecular formula is C22H25N3O3S. The van der Waals surface area contributed by atoms with Crippen LogP contribution in [-0.2, 0) is 9.53 Å². The molecule has 0 saturated heterocycles. The summed E-state index contributed by atoms with van der Waals surface area (Å²) in [4.78, 5) is 16.8. The van der Waals surface area contributed by atoms with Crippen molar-refractivity contribution in [3.8, 4) is 22.7 Å². The Kier molecular flexibility index (Phi) is 7.72. The fourth-order valence-electron chi connectivity index (χ4n) is 2.92. The molecule has 0 bridgehead atoms. The van der Waals surface area contributed by atoms with Crippen molar-refractivity contribution in [1.29, 1.82) is 0 Å². The summed E-state index contributed by atoms with van der Waals surface area (Å²) in [6, 6.07) is 17.9. The zero-order valence-corrected chi connectivity index (χ0v) is 17.4. The molecule has 0 saturated carbocycles. The van der Waals surface area contributed by atoms with E-state index in [1.54, 1.807) is 14.2 Å². The van der Waals surface area contributed by atoms with E-state index in [-0.39, 0.29) is 11.7 Å². The lowest BCUT2D eigenvalue weighted by Gasteiger charge is -2.15. The molecule has 6 nitrogen and oxygen atoms in total. The first-order valence-corrected chi connectivity index (χ1v) is 10.4. The van der Waals surface area contributed by atoms with Gasteiger partial charge >= 0.3 is 0 Å². The van der Waals surface area contributed by atoms with Crippen molar-refractivity contribution >= 4 is 17.7 Å². The highest BCUT2D eigenvalue weighted by atomic mass is 32.2. The van der Waals surface area contributed by atoms with Crippen molar-refractivity contribution in [2.45, 2.75) is 11.6 Å². The van der Waals surface area contributed by atoms with Crippen molar-refractivity contribution in [2.75, 3.05) is 33.1 Å². The van der Waals surface area contributed by atoms with Crippen LogP contribution >= 0.6 is 11.8 Å². The number of rotatable bonds is 10. The molecule has 0 aliphatic heterocycles. The Morgan fingerprint density at radius 2 is 1.86 bits per heavy atom. The fraction of sp³-hybridized carbons (Fsp3) is 0.273. The van der Waals surface area contributed by atoms with Gasteiger partial charge in [-0.3, -0.25) is 9.36 Å². The first-order chi connectivity index (χ1) is 14.2. The van der Waals surface area contributed by atoms with Crippen LogP contribution in [-0.4, -0.2) is 48.6 Å². The number of benzene rings is 2. The third-order valence-corrected chi connectivity index (χ3v) is 5.26. The van der Waals surface area contributed by atoms with E-state index in [4.69, 9.17) is 9.47 Å². The summed E-state index contributed by atoms with van der Waals surface area (Å²) in [6.07, 6.45) is 2.63. The monoisotopic (exact) mass is 411 g/mol. The number of nitrogens with zero attached hydrogens (tertiary/aromatic N) is 2. The van der Waals surface area contributed by atoms with Crippen molar-refractivity contribution in [3.63, 3.8) is 0 Å². The molecular weight excluding hydrogens is 386 g/mol. The van der Waals surface area contributed by atoms with Gasteiger partial charge in [0.15, 0.2) is 5.16 Å². The van der Waals surface area contributed by atoms with Crippen molar-refractivity contribution in [1.82, 2.24) is 14.9 Å². The van der Waals surface area contributed by atoms with Crippen LogP contribution in [0.3, 0.4) is 0 Å². The third-order valence-electron chi connectivity index (χ3n) is 4.30. The Balaban J connectivity index is 1.86. The first-order valence-electron chi connectivity index (χ1n) is 9.39. The predicted molar refractivity (Wildman–Crippen MR) is 116 cm³/mol. The van der Waals surface area contributed by atoms with Crippen molar-refractivity contribution < 1.29 is 14.3 Å². The van der Waals surface area contributed by atoms with E-state index in [9.17, 15) is 4.79 Å². The highest BCUT2D eigenvalue weighted by Crippen LogP contribution is 2.33. The van der Waals surface area contributed by atoms with Gasteiger partial charge in [0, 0.05) is 25.8 Å². The standard InChI is InChI=1S/C22H25N3O3S/c1-27-14-8-13-23-21(26)16-29-22-24-15-19(17-9-4-3-5-10-17)25(22)18-11-6-7-12-20(18)28-2/h3-7,9-12,15H,8,13-14,16H2,1-2H3,(H,23,26). The second kappa shape index (κ2) is 10.7. The van der Waals surface area contributed by atoms with Crippen LogP contribution in [0.2, 0.25) is 0 Å². The predicted octanol–water partition coefficient (Wildman–Crippen LogP) is 3.79. The molecule has 1 aromatic heterocycles. The number of hydrogen-bond acceptors (Lipinski definition) is 5. The summed E-state index contributed by atoms with van der Waals surface area (Å²) in [5, 5.41) is 3.64. The summed E-state index contributed by atoms with van der Waals surface area (Å²) in [6.45, 7) is 1.23. The lowest BCUT2D eigenvalue weighted by molar-refractivity contribution is -0.118. The number of hydrogen-bond donors (Lipinski definition) is 1. The Morgan fingerprint density at radius 1 is 1.10 bits per heavy atom. The van der Waals surface area contributed by atoms with Crippen LogP contribution in [0.1, 0.15) is 6.42 Å². The Morgan fingerprint density at radius 3 is 2.62 bits per heavy atom. The summed E-state index contributed by atoms with van der Waals surface area (Å²) >= 11 is 1.40. The minimum atomic E-state index is -0.0260. The lowest BCUT2D eigenvalue weighted by Crippen LogP contribution is -2.26. The fourth-order valence-corrected chi connectivity index (χ4v) is 3.74. The van der Waals surface area contributed by atoms with E-state index >= 15 is 0 Å².